The van der Waals surface area contributed by atoms with Crippen molar-refractivity contribution in [1.29, 1.82) is 0 Å². The Morgan fingerprint density at radius 3 is 2.89 bits per heavy atom. The summed E-state index contributed by atoms with van der Waals surface area (Å²) < 4.78 is 5.80. The number of aryl methyl sites for hydroxylation is 1. The number of nitrogens with zero attached hydrogens (tertiary/aromatic N) is 2. The molecule has 28 heavy (non-hydrogen) atoms. The minimum atomic E-state index is -0.244. The fourth-order valence-electron chi connectivity index (χ4n) is 2.90. The number of allylic oxidation sites excluding steroid dienone is 2. The number of hydrogen-bond donors (Lipinski definition) is 1. The first-order chi connectivity index (χ1) is 13.7. The SMILES string of the molecule is CC=CCCCCOc1cccc(NC(=O)c2nc3cccnc3cc2C)c1. The van der Waals surface area contributed by atoms with Crippen LogP contribution in [0.25, 0.3) is 11.0 Å². The number of aromatic nitrogens is 2. The van der Waals surface area contributed by atoms with Crippen LogP contribution in [0.15, 0.2) is 60.8 Å². The molecule has 2 aromatic heterocycles. The van der Waals surface area contributed by atoms with Crippen LogP contribution < -0.4 is 10.1 Å². The molecule has 0 bridgehead atoms. The topological polar surface area (TPSA) is 64.1 Å². The van der Waals surface area contributed by atoms with Gasteiger partial charge in [-0.25, -0.2) is 4.98 Å². The summed E-state index contributed by atoms with van der Waals surface area (Å²) in [6, 6.07) is 13.0. The molecule has 5 nitrogen and oxygen atoms in total. The lowest BCUT2D eigenvalue weighted by Gasteiger charge is -2.10. The Labute approximate surface area is 165 Å². The molecule has 0 aliphatic carbocycles. The molecule has 0 radical (unpaired) electrons. The van der Waals surface area contributed by atoms with E-state index in [0.717, 1.165) is 36.1 Å². The van der Waals surface area contributed by atoms with Crippen molar-refractivity contribution in [2.45, 2.75) is 33.1 Å². The Hall–Kier alpha value is -3.21. The van der Waals surface area contributed by atoms with Crippen LogP contribution in [0.5, 0.6) is 5.75 Å². The first-order valence-corrected chi connectivity index (χ1v) is 9.55. The maximum absolute atomic E-state index is 12.7. The van der Waals surface area contributed by atoms with E-state index in [0.29, 0.717) is 23.5 Å². The molecule has 0 saturated carbocycles. The van der Waals surface area contributed by atoms with Crippen LogP contribution in [0.2, 0.25) is 0 Å². The molecule has 0 aliphatic rings. The molecule has 2 heterocycles. The van der Waals surface area contributed by atoms with Gasteiger partial charge in [0.2, 0.25) is 0 Å². The van der Waals surface area contributed by atoms with Gasteiger partial charge in [-0.15, -0.1) is 0 Å². The average molecular weight is 375 g/mol. The normalized spacial score (nSPS) is 11.1. The molecule has 5 heteroatoms. The molecule has 0 spiro atoms. The predicted octanol–water partition coefficient (Wildman–Crippen LogP) is 5.32. The van der Waals surface area contributed by atoms with Gasteiger partial charge >= 0.3 is 0 Å². The van der Waals surface area contributed by atoms with E-state index >= 15 is 0 Å². The summed E-state index contributed by atoms with van der Waals surface area (Å²) in [6.45, 7) is 4.55. The summed E-state index contributed by atoms with van der Waals surface area (Å²) in [5.74, 6) is 0.503. The Balaban J connectivity index is 1.63. The number of unbranched alkanes of at least 4 members (excludes halogenated alkanes) is 2. The smallest absolute Gasteiger partial charge is 0.274 e. The molecule has 0 atom stereocenters. The van der Waals surface area contributed by atoms with Crippen LogP contribution in [0, 0.1) is 6.92 Å². The average Bonchev–Trinajstić information content (AvgIpc) is 2.70. The predicted molar refractivity (Wildman–Crippen MR) is 113 cm³/mol. The molecule has 1 N–H and O–H groups in total. The van der Waals surface area contributed by atoms with Crippen LogP contribution in [-0.2, 0) is 0 Å². The van der Waals surface area contributed by atoms with E-state index in [2.05, 4.69) is 27.4 Å². The number of carbonyl (C=O) groups excluding carboxylic acids is 1. The minimum Gasteiger partial charge on any atom is -0.494 e. The van der Waals surface area contributed by atoms with Gasteiger partial charge in [-0.05, 0) is 69.0 Å². The van der Waals surface area contributed by atoms with Gasteiger partial charge in [0.05, 0.1) is 17.6 Å². The third-order valence-electron chi connectivity index (χ3n) is 4.35. The quantitative estimate of drug-likeness (QED) is 0.428. The number of anilines is 1. The highest BCUT2D eigenvalue weighted by Crippen LogP contribution is 2.20. The van der Waals surface area contributed by atoms with E-state index in [-0.39, 0.29) is 5.91 Å². The molecule has 3 rings (SSSR count). The van der Waals surface area contributed by atoms with Gasteiger partial charge in [0, 0.05) is 18.0 Å². The van der Waals surface area contributed by atoms with Gasteiger partial charge in [-0.2, -0.15) is 0 Å². The molecule has 0 saturated heterocycles. The highest BCUT2D eigenvalue weighted by atomic mass is 16.5. The lowest BCUT2D eigenvalue weighted by atomic mass is 10.1. The fourth-order valence-corrected chi connectivity index (χ4v) is 2.90. The summed E-state index contributed by atoms with van der Waals surface area (Å²) in [7, 11) is 0. The van der Waals surface area contributed by atoms with Crippen molar-refractivity contribution in [3.63, 3.8) is 0 Å². The van der Waals surface area contributed by atoms with Crippen molar-refractivity contribution < 1.29 is 9.53 Å². The van der Waals surface area contributed by atoms with E-state index in [1.165, 1.54) is 0 Å². The summed E-state index contributed by atoms with van der Waals surface area (Å²) in [5, 5.41) is 2.91. The molecule has 1 aromatic carbocycles. The van der Waals surface area contributed by atoms with Gasteiger partial charge in [0.25, 0.3) is 5.91 Å². The van der Waals surface area contributed by atoms with Crippen molar-refractivity contribution in [2.24, 2.45) is 0 Å². The second-order valence-corrected chi connectivity index (χ2v) is 6.59. The molecule has 0 fully saturated rings. The molecule has 0 unspecified atom stereocenters. The van der Waals surface area contributed by atoms with Crippen molar-refractivity contribution in [2.75, 3.05) is 11.9 Å². The summed E-state index contributed by atoms with van der Waals surface area (Å²) >= 11 is 0. The van der Waals surface area contributed by atoms with E-state index in [9.17, 15) is 4.79 Å². The van der Waals surface area contributed by atoms with Gasteiger partial charge in [0.15, 0.2) is 0 Å². The molecule has 144 valence electrons. The fraction of sp³-hybridized carbons (Fsp3) is 0.261. The molecule has 3 aromatic rings. The summed E-state index contributed by atoms with van der Waals surface area (Å²) in [6.07, 6.45) is 9.11. The number of fused-ring (bicyclic) bond motifs is 1. The number of amides is 1. The Morgan fingerprint density at radius 2 is 2.04 bits per heavy atom. The molecular formula is C23H25N3O2. The van der Waals surface area contributed by atoms with Gasteiger partial charge < -0.3 is 10.1 Å². The number of nitrogens with one attached hydrogen (secondary N) is 1. The number of benzene rings is 1. The summed E-state index contributed by atoms with van der Waals surface area (Å²) in [4.78, 5) is 21.5. The zero-order valence-electron chi connectivity index (χ0n) is 16.3. The largest absolute Gasteiger partial charge is 0.494 e. The third-order valence-corrected chi connectivity index (χ3v) is 4.35. The number of rotatable bonds is 8. The highest BCUT2D eigenvalue weighted by Gasteiger charge is 2.13. The number of carbonyl (C=O) groups is 1. The van der Waals surface area contributed by atoms with E-state index in [1.54, 1.807) is 6.20 Å². The number of hydrogen-bond acceptors (Lipinski definition) is 4. The van der Waals surface area contributed by atoms with Crippen LogP contribution in [0.3, 0.4) is 0 Å². The highest BCUT2D eigenvalue weighted by molar-refractivity contribution is 6.05. The second-order valence-electron chi connectivity index (χ2n) is 6.59. The first-order valence-electron chi connectivity index (χ1n) is 9.55. The van der Waals surface area contributed by atoms with Gasteiger partial charge in [0.1, 0.15) is 11.4 Å². The monoisotopic (exact) mass is 375 g/mol. The Morgan fingerprint density at radius 1 is 1.14 bits per heavy atom. The van der Waals surface area contributed by atoms with Crippen LogP contribution in [-0.4, -0.2) is 22.5 Å². The van der Waals surface area contributed by atoms with Gasteiger partial charge in [-0.3, -0.25) is 9.78 Å². The molecular weight excluding hydrogens is 350 g/mol. The second kappa shape index (κ2) is 9.65. The van der Waals surface area contributed by atoms with Crippen molar-refractivity contribution in [3.8, 4) is 5.75 Å². The van der Waals surface area contributed by atoms with Crippen molar-refractivity contribution in [3.05, 3.63) is 72.1 Å². The number of ether oxygens (including phenoxy) is 1. The summed E-state index contributed by atoms with van der Waals surface area (Å²) in [5.41, 5.74) is 3.35. The zero-order chi connectivity index (χ0) is 19.8. The molecule has 1 amide bonds. The van der Waals surface area contributed by atoms with Crippen molar-refractivity contribution in [1.82, 2.24) is 9.97 Å². The first kappa shape index (κ1) is 19.5. The Bertz CT molecular complexity index is 982. The van der Waals surface area contributed by atoms with Crippen LogP contribution in [0.4, 0.5) is 5.69 Å². The lowest BCUT2D eigenvalue weighted by Crippen LogP contribution is -2.15. The van der Waals surface area contributed by atoms with E-state index in [1.807, 2.05) is 56.3 Å². The number of pyridine rings is 2. The minimum absolute atomic E-state index is 0.244. The van der Waals surface area contributed by atoms with E-state index < -0.39 is 0 Å². The van der Waals surface area contributed by atoms with E-state index in [4.69, 9.17) is 4.74 Å². The van der Waals surface area contributed by atoms with Gasteiger partial charge in [-0.1, -0.05) is 18.2 Å². The maximum Gasteiger partial charge on any atom is 0.274 e. The molecule has 0 aliphatic heterocycles. The standard InChI is InChI=1S/C23H25N3O2/c1-3-4-5-6-7-14-28-19-11-8-10-18(16-19)25-23(27)22-17(2)15-21-20(26-22)12-9-13-24-21/h3-4,8-13,15-16H,5-7,14H2,1-2H3,(H,25,27). The zero-order valence-corrected chi connectivity index (χ0v) is 16.3. The van der Waals surface area contributed by atoms with Crippen molar-refractivity contribution >= 4 is 22.6 Å². The maximum atomic E-state index is 12.7. The Kier molecular flexibility index (Phi) is 6.73. The van der Waals surface area contributed by atoms with Crippen LogP contribution >= 0.6 is 0 Å². The third kappa shape index (κ3) is 5.16. The lowest BCUT2D eigenvalue weighted by molar-refractivity contribution is 0.102. The van der Waals surface area contributed by atoms with Crippen LogP contribution in [0.1, 0.15) is 42.2 Å².